The Balaban J connectivity index is 2.60. The Bertz CT molecular complexity index is 627. The van der Waals surface area contributed by atoms with Gasteiger partial charge in [-0.1, -0.05) is 49.8 Å². The minimum atomic E-state index is 0.345. The van der Waals surface area contributed by atoms with E-state index in [1.54, 1.807) is 0 Å². The van der Waals surface area contributed by atoms with E-state index >= 15 is 0 Å². The predicted octanol–water partition coefficient (Wildman–Crippen LogP) is 4.55. The lowest BCUT2D eigenvalue weighted by atomic mass is 10.0. The third-order valence-electron chi connectivity index (χ3n) is 2.98. The number of hydrogen-bond donors (Lipinski definition) is 1. The van der Waals surface area contributed by atoms with Crippen molar-refractivity contribution in [3.05, 3.63) is 45.9 Å². The Morgan fingerprint density at radius 3 is 2.50 bits per heavy atom. The van der Waals surface area contributed by atoms with Crippen molar-refractivity contribution in [1.29, 1.82) is 0 Å². The quantitative estimate of drug-likeness (QED) is 0.801. The highest BCUT2D eigenvalue weighted by molar-refractivity contribution is 7.71. The summed E-state index contributed by atoms with van der Waals surface area (Å²) in [5.41, 5.74) is 4.77. The van der Waals surface area contributed by atoms with Crippen LogP contribution >= 0.6 is 12.2 Å². The molecule has 1 aromatic carbocycles. The molecule has 2 aromatic rings. The molecule has 2 nitrogen and oxygen atoms in total. The highest BCUT2D eigenvalue weighted by atomic mass is 32.1. The number of H-pyrrole nitrogens is 1. The van der Waals surface area contributed by atoms with Gasteiger partial charge in [-0.3, -0.25) is 0 Å². The summed E-state index contributed by atoms with van der Waals surface area (Å²) in [4.78, 5) is 7.75. The van der Waals surface area contributed by atoms with Crippen LogP contribution in [0.15, 0.2) is 24.3 Å². The molecule has 0 aliphatic carbocycles. The molecule has 1 N–H and O–H groups in total. The standard InChI is InChI=1S/C15H18N2S/c1-9(2)15-16-13(8-14(18)17-15)12-6-5-10(3)7-11(12)4/h5-9H,1-4H3,(H,16,17,18). The Morgan fingerprint density at radius 1 is 1.17 bits per heavy atom. The highest BCUT2D eigenvalue weighted by Gasteiger charge is 2.07. The minimum Gasteiger partial charge on any atom is -0.343 e. The van der Waals surface area contributed by atoms with Crippen LogP contribution in [0.3, 0.4) is 0 Å². The van der Waals surface area contributed by atoms with E-state index < -0.39 is 0 Å². The van der Waals surface area contributed by atoms with Crippen molar-refractivity contribution in [3.8, 4) is 11.3 Å². The summed E-state index contributed by atoms with van der Waals surface area (Å²) in [7, 11) is 0. The maximum Gasteiger partial charge on any atom is 0.130 e. The van der Waals surface area contributed by atoms with Crippen LogP contribution in [-0.2, 0) is 0 Å². The second-order valence-electron chi connectivity index (χ2n) is 4.99. The monoisotopic (exact) mass is 258 g/mol. The first-order valence-corrected chi connectivity index (χ1v) is 6.57. The SMILES string of the molecule is Cc1ccc(-c2cc(=S)nc(C(C)C)[nH]2)c(C)c1. The molecule has 0 atom stereocenters. The lowest BCUT2D eigenvalue weighted by Crippen LogP contribution is -2.00. The van der Waals surface area contributed by atoms with Gasteiger partial charge in [0.05, 0.1) is 0 Å². The van der Waals surface area contributed by atoms with Gasteiger partial charge >= 0.3 is 0 Å². The van der Waals surface area contributed by atoms with Crippen molar-refractivity contribution in [1.82, 2.24) is 9.97 Å². The number of rotatable bonds is 2. The lowest BCUT2D eigenvalue weighted by molar-refractivity contribution is 0.773. The topological polar surface area (TPSA) is 28.7 Å². The molecular formula is C15H18N2S. The van der Waals surface area contributed by atoms with E-state index in [-0.39, 0.29) is 0 Å². The summed E-state index contributed by atoms with van der Waals surface area (Å²) in [5.74, 6) is 1.29. The molecule has 0 unspecified atom stereocenters. The minimum absolute atomic E-state index is 0.345. The Morgan fingerprint density at radius 2 is 1.89 bits per heavy atom. The summed E-state index contributed by atoms with van der Waals surface area (Å²) in [6.07, 6.45) is 0. The number of hydrogen-bond acceptors (Lipinski definition) is 2. The summed E-state index contributed by atoms with van der Waals surface area (Å²) in [6.45, 7) is 8.44. The summed E-state index contributed by atoms with van der Waals surface area (Å²) >= 11 is 5.24. The molecule has 0 aliphatic rings. The number of nitrogens with one attached hydrogen (secondary N) is 1. The number of aryl methyl sites for hydroxylation is 2. The van der Waals surface area contributed by atoms with Gasteiger partial charge in [-0.15, -0.1) is 0 Å². The van der Waals surface area contributed by atoms with E-state index in [0.717, 1.165) is 11.5 Å². The molecule has 3 heteroatoms. The van der Waals surface area contributed by atoms with Gasteiger partial charge in [-0.25, -0.2) is 4.98 Å². The zero-order valence-electron chi connectivity index (χ0n) is 11.2. The van der Waals surface area contributed by atoms with Gasteiger partial charge < -0.3 is 4.98 Å². The largest absolute Gasteiger partial charge is 0.343 e. The molecule has 1 aromatic heterocycles. The molecule has 0 saturated carbocycles. The lowest BCUT2D eigenvalue weighted by Gasteiger charge is -2.11. The number of nitrogens with zero attached hydrogens (tertiary/aromatic N) is 1. The zero-order valence-corrected chi connectivity index (χ0v) is 12.1. The number of aromatic amines is 1. The first-order valence-electron chi connectivity index (χ1n) is 6.16. The molecule has 0 spiro atoms. The van der Waals surface area contributed by atoms with Crippen molar-refractivity contribution >= 4 is 12.2 Å². The van der Waals surface area contributed by atoms with E-state index in [2.05, 4.69) is 55.9 Å². The second kappa shape index (κ2) is 5.02. The molecule has 0 amide bonds. The van der Waals surface area contributed by atoms with Crippen molar-refractivity contribution in [2.24, 2.45) is 0 Å². The normalized spacial score (nSPS) is 10.9. The van der Waals surface area contributed by atoms with Gasteiger partial charge in [0, 0.05) is 17.2 Å². The zero-order chi connectivity index (χ0) is 13.3. The molecule has 94 valence electrons. The van der Waals surface area contributed by atoms with E-state index in [9.17, 15) is 0 Å². The van der Waals surface area contributed by atoms with Crippen LogP contribution in [0.1, 0.15) is 36.7 Å². The van der Waals surface area contributed by atoms with Crippen molar-refractivity contribution in [3.63, 3.8) is 0 Å². The molecule has 0 radical (unpaired) electrons. The van der Waals surface area contributed by atoms with Crippen LogP contribution in [0.25, 0.3) is 11.3 Å². The third-order valence-corrected chi connectivity index (χ3v) is 3.19. The van der Waals surface area contributed by atoms with Gasteiger partial charge in [-0.05, 0) is 25.5 Å². The van der Waals surface area contributed by atoms with Gasteiger partial charge in [0.25, 0.3) is 0 Å². The van der Waals surface area contributed by atoms with E-state index in [1.165, 1.54) is 16.7 Å². The van der Waals surface area contributed by atoms with Crippen LogP contribution in [0, 0.1) is 18.5 Å². The van der Waals surface area contributed by atoms with Crippen LogP contribution in [0.4, 0.5) is 0 Å². The number of aromatic nitrogens is 2. The molecule has 1 heterocycles. The molecule has 18 heavy (non-hydrogen) atoms. The Labute approximate surface area is 113 Å². The molecule has 0 saturated heterocycles. The fourth-order valence-corrected chi connectivity index (χ4v) is 2.23. The number of benzene rings is 1. The van der Waals surface area contributed by atoms with Crippen molar-refractivity contribution in [2.75, 3.05) is 0 Å². The maximum absolute atomic E-state index is 5.24. The van der Waals surface area contributed by atoms with Crippen LogP contribution in [0.2, 0.25) is 0 Å². The molecule has 2 rings (SSSR count). The smallest absolute Gasteiger partial charge is 0.130 e. The predicted molar refractivity (Wildman–Crippen MR) is 78.4 cm³/mol. The first kappa shape index (κ1) is 13.0. The summed E-state index contributed by atoms with van der Waals surface area (Å²) in [5, 5.41) is 0. The first-order chi connectivity index (χ1) is 8.47. The van der Waals surface area contributed by atoms with Gasteiger partial charge in [0.2, 0.25) is 0 Å². The van der Waals surface area contributed by atoms with Crippen LogP contribution < -0.4 is 0 Å². The van der Waals surface area contributed by atoms with Gasteiger partial charge in [0.15, 0.2) is 0 Å². The summed E-state index contributed by atoms with van der Waals surface area (Å²) in [6, 6.07) is 8.37. The fourth-order valence-electron chi connectivity index (χ4n) is 2.01. The van der Waals surface area contributed by atoms with Gasteiger partial charge in [0.1, 0.15) is 10.5 Å². The second-order valence-corrected chi connectivity index (χ2v) is 5.41. The van der Waals surface area contributed by atoms with E-state index in [1.807, 2.05) is 6.07 Å². The molecule has 0 aliphatic heterocycles. The molecule has 0 bridgehead atoms. The average Bonchev–Trinajstić information content (AvgIpc) is 2.27. The summed E-state index contributed by atoms with van der Waals surface area (Å²) < 4.78 is 0.646. The molecular weight excluding hydrogens is 240 g/mol. The van der Waals surface area contributed by atoms with Crippen LogP contribution in [0.5, 0.6) is 0 Å². The van der Waals surface area contributed by atoms with E-state index in [4.69, 9.17) is 12.2 Å². The van der Waals surface area contributed by atoms with Crippen LogP contribution in [-0.4, -0.2) is 9.97 Å². The Hall–Kier alpha value is -1.48. The van der Waals surface area contributed by atoms with Gasteiger partial charge in [-0.2, -0.15) is 0 Å². The average molecular weight is 258 g/mol. The van der Waals surface area contributed by atoms with Crippen molar-refractivity contribution < 1.29 is 0 Å². The third kappa shape index (κ3) is 2.67. The molecule has 0 fully saturated rings. The van der Waals surface area contributed by atoms with Crippen molar-refractivity contribution in [2.45, 2.75) is 33.6 Å². The van der Waals surface area contributed by atoms with E-state index in [0.29, 0.717) is 10.6 Å². The highest BCUT2D eigenvalue weighted by Crippen LogP contribution is 2.23. The Kier molecular flexibility index (Phi) is 3.62. The fraction of sp³-hybridized carbons (Fsp3) is 0.333. The maximum atomic E-state index is 5.24.